The molecule has 6 heteroatoms. The van der Waals surface area contributed by atoms with E-state index in [1.165, 1.54) is 10.4 Å². The first-order valence-electron chi connectivity index (χ1n) is 9.67. The molecule has 0 saturated heterocycles. The molecule has 0 atom stereocenters. The lowest BCUT2D eigenvalue weighted by Crippen LogP contribution is -2.32. The van der Waals surface area contributed by atoms with Gasteiger partial charge in [-0.1, -0.05) is 50.2 Å². The van der Waals surface area contributed by atoms with E-state index in [9.17, 15) is 13.2 Å². The number of hydrogen-bond acceptors (Lipinski definition) is 3. The first-order valence-corrected chi connectivity index (χ1v) is 11.1. The molecule has 0 aliphatic rings. The molecule has 0 aliphatic carbocycles. The maximum absolute atomic E-state index is 13.1. The van der Waals surface area contributed by atoms with Crippen molar-refractivity contribution in [3.63, 3.8) is 0 Å². The zero-order valence-electron chi connectivity index (χ0n) is 17.2. The molecule has 3 aromatic rings. The molecular formula is C23H26N2O3S. The molecule has 1 amide bonds. The number of carbonyl (C=O) groups is 1. The number of rotatable bonds is 6. The van der Waals surface area contributed by atoms with Crippen LogP contribution in [0.25, 0.3) is 10.8 Å². The van der Waals surface area contributed by atoms with E-state index < -0.39 is 10.0 Å². The van der Waals surface area contributed by atoms with Crippen molar-refractivity contribution in [2.45, 2.75) is 25.7 Å². The highest BCUT2D eigenvalue weighted by atomic mass is 32.2. The molecule has 152 valence electrons. The number of sulfonamides is 1. The lowest BCUT2D eigenvalue weighted by atomic mass is 10.1. The number of hydrogen-bond donors (Lipinski definition) is 0. The molecule has 0 saturated carbocycles. The van der Waals surface area contributed by atoms with Gasteiger partial charge < -0.3 is 4.90 Å². The van der Waals surface area contributed by atoms with E-state index in [2.05, 4.69) is 0 Å². The molecule has 29 heavy (non-hydrogen) atoms. The molecule has 3 aromatic carbocycles. The van der Waals surface area contributed by atoms with Crippen LogP contribution >= 0.6 is 0 Å². The highest BCUT2D eigenvalue weighted by molar-refractivity contribution is 7.89. The van der Waals surface area contributed by atoms with Gasteiger partial charge in [0.25, 0.3) is 5.91 Å². The third-order valence-corrected chi connectivity index (χ3v) is 7.38. The van der Waals surface area contributed by atoms with Crippen LogP contribution in [0.15, 0.2) is 65.6 Å². The van der Waals surface area contributed by atoms with Gasteiger partial charge in [0, 0.05) is 31.4 Å². The molecule has 0 aliphatic heterocycles. The Kier molecular flexibility index (Phi) is 6.05. The highest BCUT2D eigenvalue weighted by Crippen LogP contribution is 2.25. The second-order valence-electron chi connectivity index (χ2n) is 6.97. The van der Waals surface area contributed by atoms with E-state index in [0.29, 0.717) is 24.2 Å². The Bertz CT molecular complexity index is 1150. The Labute approximate surface area is 172 Å². The van der Waals surface area contributed by atoms with Gasteiger partial charge in [-0.25, -0.2) is 8.42 Å². The van der Waals surface area contributed by atoms with Crippen LogP contribution in [-0.2, 0) is 10.0 Å². The van der Waals surface area contributed by atoms with Crippen molar-refractivity contribution in [1.29, 1.82) is 0 Å². The van der Waals surface area contributed by atoms with Crippen LogP contribution in [-0.4, -0.2) is 38.8 Å². The lowest BCUT2D eigenvalue weighted by molar-refractivity contribution is 0.0993. The van der Waals surface area contributed by atoms with Gasteiger partial charge in [0.2, 0.25) is 10.0 Å². The van der Waals surface area contributed by atoms with Crippen LogP contribution in [0.2, 0.25) is 0 Å². The van der Waals surface area contributed by atoms with Crippen LogP contribution in [0, 0.1) is 6.92 Å². The Balaban J connectivity index is 1.98. The number of aryl methyl sites for hydroxylation is 1. The summed E-state index contributed by atoms with van der Waals surface area (Å²) in [6.45, 7) is 6.12. The molecule has 0 heterocycles. The standard InChI is InChI=1S/C23H26N2O3S/c1-5-25(6-2)29(27,28)22-16-20(12-11-17(22)3)23(26)24(4)21-14-13-18-9-7-8-10-19(18)15-21/h7-16H,5-6H2,1-4H3. The summed E-state index contributed by atoms with van der Waals surface area (Å²) in [6, 6.07) is 18.6. The molecule has 0 unspecified atom stereocenters. The van der Waals surface area contributed by atoms with Crippen molar-refractivity contribution >= 4 is 32.4 Å². The van der Waals surface area contributed by atoms with Gasteiger partial charge in [0.15, 0.2) is 0 Å². The van der Waals surface area contributed by atoms with Gasteiger partial charge in [-0.15, -0.1) is 0 Å². The van der Waals surface area contributed by atoms with Crippen LogP contribution in [0.1, 0.15) is 29.8 Å². The van der Waals surface area contributed by atoms with Crippen molar-refractivity contribution in [1.82, 2.24) is 4.31 Å². The van der Waals surface area contributed by atoms with Crippen molar-refractivity contribution < 1.29 is 13.2 Å². The molecule has 0 N–H and O–H groups in total. The van der Waals surface area contributed by atoms with Gasteiger partial charge in [-0.05, 0) is 47.5 Å². The smallest absolute Gasteiger partial charge is 0.258 e. The van der Waals surface area contributed by atoms with Gasteiger partial charge in [-0.2, -0.15) is 4.31 Å². The molecular weight excluding hydrogens is 384 g/mol. The van der Waals surface area contributed by atoms with E-state index in [1.54, 1.807) is 44.9 Å². The molecule has 0 bridgehead atoms. The highest BCUT2D eigenvalue weighted by Gasteiger charge is 2.25. The third kappa shape index (κ3) is 4.04. The molecule has 0 spiro atoms. The SMILES string of the molecule is CCN(CC)S(=O)(=O)c1cc(C(=O)N(C)c2ccc3ccccc3c2)ccc1C. The summed E-state index contributed by atoms with van der Waals surface area (Å²) in [7, 11) is -1.95. The number of amides is 1. The maximum Gasteiger partial charge on any atom is 0.258 e. The summed E-state index contributed by atoms with van der Waals surface area (Å²) in [5, 5.41) is 2.14. The predicted octanol–water partition coefficient (Wildman–Crippen LogP) is 4.46. The summed E-state index contributed by atoms with van der Waals surface area (Å²) in [6.07, 6.45) is 0. The summed E-state index contributed by atoms with van der Waals surface area (Å²) in [5.74, 6) is -0.253. The summed E-state index contributed by atoms with van der Waals surface area (Å²) < 4.78 is 27.4. The monoisotopic (exact) mass is 410 g/mol. The number of fused-ring (bicyclic) bond motifs is 1. The molecule has 0 aromatic heterocycles. The zero-order chi connectivity index (χ0) is 21.2. The first-order chi connectivity index (χ1) is 13.8. The van der Waals surface area contributed by atoms with Crippen molar-refractivity contribution in [2.75, 3.05) is 25.0 Å². The quantitative estimate of drug-likeness (QED) is 0.603. The average molecular weight is 411 g/mol. The topological polar surface area (TPSA) is 57.7 Å². The Hall–Kier alpha value is -2.70. The minimum Gasteiger partial charge on any atom is -0.311 e. The number of nitrogens with zero attached hydrogens (tertiary/aromatic N) is 2. The zero-order valence-corrected chi connectivity index (χ0v) is 18.0. The second-order valence-corrected chi connectivity index (χ2v) is 8.87. The van der Waals surface area contributed by atoms with E-state index in [0.717, 1.165) is 16.5 Å². The van der Waals surface area contributed by atoms with Gasteiger partial charge in [-0.3, -0.25) is 4.79 Å². The number of carbonyl (C=O) groups excluding carboxylic acids is 1. The fourth-order valence-corrected chi connectivity index (χ4v) is 5.12. The summed E-state index contributed by atoms with van der Waals surface area (Å²) in [5.41, 5.74) is 1.72. The van der Waals surface area contributed by atoms with E-state index in [4.69, 9.17) is 0 Å². The largest absolute Gasteiger partial charge is 0.311 e. The Morgan fingerprint density at radius 2 is 1.55 bits per heavy atom. The molecule has 0 fully saturated rings. The minimum atomic E-state index is -3.64. The second kappa shape index (κ2) is 8.35. The van der Waals surface area contributed by atoms with Crippen LogP contribution in [0.3, 0.4) is 0 Å². The molecule has 3 rings (SSSR count). The van der Waals surface area contributed by atoms with Crippen LogP contribution in [0.5, 0.6) is 0 Å². The van der Waals surface area contributed by atoms with Gasteiger partial charge >= 0.3 is 0 Å². The predicted molar refractivity (Wildman–Crippen MR) is 118 cm³/mol. The van der Waals surface area contributed by atoms with E-state index in [-0.39, 0.29) is 10.8 Å². The first kappa shape index (κ1) is 21.0. The normalized spacial score (nSPS) is 11.8. The van der Waals surface area contributed by atoms with Crippen molar-refractivity contribution in [3.05, 3.63) is 71.8 Å². The summed E-state index contributed by atoms with van der Waals surface area (Å²) in [4.78, 5) is 14.8. The molecule has 5 nitrogen and oxygen atoms in total. The van der Waals surface area contributed by atoms with Crippen LogP contribution < -0.4 is 4.90 Å². The number of anilines is 1. The summed E-state index contributed by atoms with van der Waals surface area (Å²) >= 11 is 0. The van der Waals surface area contributed by atoms with Gasteiger partial charge in [0.05, 0.1) is 4.90 Å². The lowest BCUT2D eigenvalue weighted by Gasteiger charge is -2.22. The van der Waals surface area contributed by atoms with E-state index >= 15 is 0 Å². The van der Waals surface area contributed by atoms with Gasteiger partial charge in [0.1, 0.15) is 0 Å². The fraction of sp³-hybridized carbons (Fsp3) is 0.261. The maximum atomic E-state index is 13.1. The van der Waals surface area contributed by atoms with Crippen LogP contribution in [0.4, 0.5) is 5.69 Å². The minimum absolute atomic E-state index is 0.180. The molecule has 0 radical (unpaired) electrons. The average Bonchev–Trinajstić information content (AvgIpc) is 2.73. The Morgan fingerprint density at radius 1 is 0.897 bits per heavy atom. The van der Waals surface area contributed by atoms with Crippen molar-refractivity contribution in [3.8, 4) is 0 Å². The van der Waals surface area contributed by atoms with E-state index in [1.807, 2.05) is 42.5 Å². The number of benzene rings is 3. The Morgan fingerprint density at radius 3 is 2.21 bits per heavy atom. The third-order valence-electron chi connectivity index (χ3n) is 5.18. The van der Waals surface area contributed by atoms with Crippen molar-refractivity contribution in [2.24, 2.45) is 0 Å². The fourth-order valence-electron chi connectivity index (χ4n) is 3.41.